The van der Waals surface area contributed by atoms with Crippen molar-refractivity contribution < 1.29 is 9.50 Å². The van der Waals surface area contributed by atoms with Gasteiger partial charge in [-0.05, 0) is 43.5 Å². The molecular formula is C28H30FN7O. The standard InChI is InChI=1S/C28H30FN7O/c1-19(37)15-34-7-5-25(6-8-34)36-18-22(12-33-36)21-10-26-27(14-31-28(26)30-11-21)23-13-32-35(17-23)16-20-3-2-4-24(29)9-20/h2-4,9-14,17-19,25,37H,5-8,15-16H2,1H3,(H,30,31). The van der Waals surface area contributed by atoms with Crippen LogP contribution in [0.3, 0.4) is 0 Å². The van der Waals surface area contributed by atoms with Crippen molar-refractivity contribution in [2.75, 3.05) is 19.6 Å². The molecule has 1 atom stereocenters. The Morgan fingerprint density at radius 1 is 1.05 bits per heavy atom. The van der Waals surface area contributed by atoms with E-state index in [-0.39, 0.29) is 11.9 Å². The monoisotopic (exact) mass is 499 g/mol. The summed E-state index contributed by atoms with van der Waals surface area (Å²) in [6.07, 6.45) is 13.4. The van der Waals surface area contributed by atoms with Crippen molar-refractivity contribution in [2.45, 2.75) is 38.5 Å². The molecule has 4 aromatic heterocycles. The Balaban J connectivity index is 1.21. The highest BCUT2D eigenvalue weighted by Gasteiger charge is 2.22. The third-order valence-electron chi connectivity index (χ3n) is 7.10. The smallest absolute Gasteiger partial charge is 0.137 e. The Bertz CT molecular complexity index is 1510. The molecule has 5 heterocycles. The third-order valence-corrected chi connectivity index (χ3v) is 7.10. The summed E-state index contributed by atoms with van der Waals surface area (Å²) in [4.78, 5) is 10.2. The molecule has 1 aliphatic rings. The van der Waals surface area contributed by atoms with Crippen LogP contribution >= 0.6 is 0 Å². The number of hydrogen-bond acceptors (Lipinski definition) is 5. The van der Waals surface area contributed by atoms with Crippen molar-refractivity contribution in [3.63, 3.8) is 0 Å². The molecule has 1 fully saturated rings. The van der Waals surface area contributed by atoms with E-state index in [0.29, 0.717) is 12.6 Å². The van der Waals surface area contributed by atoms with Crippen molar-refractivity contribution >= 4 is 11.0 Å². The molecule has 0 aliphatic carbocycles. The van der Waals surface area contributed by atoms with Gasteiger partial charge in [-0.2, -0.15) is 10.2 Å². The highest BCUT2D eigenvalue weighted by atomic mass is 19.1. The maximum absolute atomic E-state index is 13.6. The summed E-state index contributed by atoms with van der Waals surface area (Å²) in [5, 5.41) is 19.8. The van der Waals surface area contributed by atoms with Crippen LogP contribution in [0.2, 0.25) is 0 Å². The number of halogens is 1. The summed E-state index contributed by atoms with van der Waals surface area (Å²) in [5.41, 5.74) is 5.72. The van der Waals surface area contributed by atoms with E-state index >= 15 is 0 Å². The molecule has 9 heteroatoms. The number of aliphatic hydroxyl groups is 1. The number of H-pyrrole nitrogens is 1. The van der Waals surface area contributed by atoms with Crippen molar-refractivity contribution in [3.8, 4) is 22.3 Å². The van der Waals surface area contributed by atoms with E-state index in [2.05, 4.69) is 42.0 Å². The molecule has 2 N–H and O–H groups in total. The Hall–Kier alpha value is -3.82. The predicted octanol–water partition coefficient (Wildman–Crippen LogP) is 4.50. The van der Waals surface area contributed by atoms with E-state index in [9.17, 15) is 9.50 Å². The van der Waals surface area contributed by atoms with E-state index in [1.54, 1.807) is 6.07 Å². The Morgan fingerprint density at radius 2 is 1.89 bits per heavy atom. The van der Waals surface area contributed by atoms with Crippen LogP contribution in [0, 0.1) is 5.82 Å². The lowest BCUT2D eigenvalue weighted by molar-refractivity contribution is 0.0996. The zero-order valence-electron chi connectivity index (χ0n) is 20.8. The van der Waals surface area contributed by atoms with Gasteiger partial charge in [0.25, 0.3) is 0 Å². The minimum absolute atomic E-state index is 0.245. The van der Waals surface area contributed by atoms with Crippen molar-refractivity contribution in [2.24, 2.45) is 0 Å². The molecule has 0 bridgehead atoms. The number of benzene rings is 1. The van der Waals surface area contributed by atoms with Crippen LogP contribution in [0.25, 0.3) is 33.3 Å². The Kier molecular flexibility index (Phi) is 6.31. The van der Waals surface area contributed by atoms with E-state index in [0.717, 1.165) is 71.3 Å². The number of pyridine rings is 1. The van der Waals surface area contributed by atoms with Gasteiger partial charge in [-0.25, -0.2) is 9.37 Å². The van der Waals surface area contributed by atoms with E-state index < -0.39 is 0 Å². The quantitative estimate of drug-likeness (QED) is 0.344. The molecule has 0 radical (unpaired) electrons. The first-order valence-corrected chi connectivity index (χ1v) is 12.7. The van der Waals surface area contributed by atoms with Crippen LogP contribution in [-0.2, 0) is 6.54 Å². The van der Waals surface area contributed by atoms with Gasteiger partial charge >= 0.3 is 0 Å². The maximum Gasteiger partial charge on any atom is 0.137 e. The number of piperidine rings is 1. The molecule has 190 valence electrons. The van der Waals surface area contributed by atoms with Gasteiger partial charge in [0, 0.05) is 72.1 Å². The zero-order valence-corrected chi connectivity index (χ0v) is 20.8. The fraction of sp³-hybridized carbons (Fsp3) is 0.321. The summed E-state index contributed by atoms with van der Waals surface area (Å²) < 4.78 is 17.5. The molecule has 1 aliphatic heterocycles. The third kappa shape index (κ3) is 5.05. The van der Waals surface area contributed by atoms with Crippen LogP contribution in [0.5, 0.6) is 0 Å². The van der Waals surface area contributed by atoms with E-state index in [1.165, 1.54) is 12.1 Å². The van der Waals surface area contributed by atoms with Gasteiger partial charge in [-0.1, -0.05) is 12.1 Å². The molecule has 5 aromatic rings. The first kappa shape index (κ1) is 23.6. The number of nitrogens with one attached hydrogen (secondary N) is 1. The predicted molar refractivity (Wildman–Crippen MR) is 140 cm³/mol. The van der Waals surface area contributed by atoms with Crippen LogP contribution in [0.1, 0.15) is 31.4 Å². The van der Waals surface area contributed by atoms with Crippen LogP contribution in [0.4, 0.5) is 4.39 Å². The van der Waals surface area contributed by atoms with Gasteiger partial charge in [0.05, 0.1) is 31.1 Å². The summed E-state index contributed by atoms with van der Waals surface area (Å²) in [6.45, 7) is 5.01. The van der Waals surface area contributed by atoms with Crippen LogP contribution in [-0.4, -0.2) is 65.3 Å². The summed E-state index contributed by atoms with van der Waals surface area (Å²) >= 11 is 0. The number of aromatic nitrogens is 6. The summed E-state index contributed by atoms with van der Waals surface area (Å²) in [7, 11) is 0. The average molecular weight is 500 g/mol. The molecule has 1 saturated heterocycles. The summed E-state index contributed by atoms with van der Waals surface area (Å²) in [6, 6.07) is 9.09. The normalized spacial score (nSPS) is 16.0. The van der Waals surface area contributed by atoms with Crippen molar-refractivity contribution in [3.05, 3.63) is 78.9 Å². The second kappa shape index (κ2) is 9.91. The molecule has 6 rings (SSSR count). The molecule has 0 spiro atoms. The number of fused-ring (bicyclic) bond motifs is 1. The van der Waals surface area contributed by atoms with E-state index in [4.69, 9.17) is 0 Å². The largest absolute Gasteiger partial charge is 0.392 e. The molecule has 8 nitrogen and oxygen atoms in total. The second-order valence-electron chi connectivity index (χ2n) is 9.97. The lowest BCUT2D eigenvalue weighted by atomic mass is 10.0. The number of aromatic amines is 1. The molecule has 37 heavy (non-hydrogen) atoms. The lowest BCUT2D eigenvalue weighted by Crippen LogP contribution is -2.38. The van der Waals surface area contributed by atoms with Crippen LogP contribution in [0.15, 0.2) is 67.5 Å². The Morgan fingerprint density at radius 3 is 2.70 bits per heavy atom. The highest BCUT2D eigenvalue weighted by molar-refractivity contribution is 5.95. The van der Waals surface area contributed by atoms with Gasteiger partial charge < -0.3 is 15.0 Å². The number of hydrogen-bond donors (Lipinski definition) is 2. The summed E-state index contributed by atoms with van der Waals surface area (Å²) in [5.74, 6) is -0.245. The van der Waals surface area contributed by atoms with E-state index in [1.807, 2.05) is 48.7 Å². The lowest BCUT2D eigenvalue weighted by Gasteiger charge is -2.32. The average Bonchev–Trinajstić information content (AvgIpc) is 3.63. The fourth-order valence-corrected chi connectivity index (χ4v) is 5.24. The van der Waals surface area contributed by atoms with Crippen LogP contribution < -0.4 is 0 Å². The molecular weight excluding hydrogens is 469 g/mol. The number of aliphatic hydroxyl groups excluding tert-OH is 1. The van der Waals surface area contributed by atoms with Gasteiger partial charge in [0.15, 0.2) is 0 Å². The Labute approximate surface area is 214 Å². The molecule has 1 aromatic carbocycles. The maximum atomic E-state index is 13.6. The number of rotatable bonds is 7. The SMILES string of the molecule is CC(O)CN1CCC(n2cc(-c3cnc4[nH]cc(-c5cnn(Cc6cccc(F)c6)c5)c4c3)cn2)CC1. The molecule has 0 amide bonds. The first-order valence-electron chi connectivity index (χ1n) is 12.7. The topological polar surface area (TPSA) is 87.8 Å². The fourth-order valence-electron chi connectivity index (χ4n) is 5.24. The number of likely N-dealkylation sites (tertiary alicyclic amines) is 1. The second-order valence-corrected chi connectivity index (χ2v) is 9.97. The van der Waals surface area contributed by atoms with Gasteiger partial charge in [-0.3, -0.25) is 9.36 Å². The van der Waals surface area contributed by atoms with Gasteiger partial charge in [-0.15, -0.1) is 0 Å². The first-order chi connectivity index (χ1) is 18.0. The molecule has 1 unspecified atom stereocenters. The molecule has 0 saturated carbocycles. The van der Waals surface area contributed by atoms with Crippen molar-refractivity contribution in [1.82, 2.24) is 34.4 Å². The minimum Gasteiger partial charge on any atom is -0.392 e. The minimum atomic E-state index is -0.295. The van der Waals surface area contributed by atoms with Crippen molar-refractivity contribution in [1.29, 1.82) is 0 Å². The number of β-amino-alcohol motifs (C(OH)–C–C–N with tert-alkyl or cyclic N) is 1. The zero-order chi connectivity index (χ0) is 25.4. The van der Waals surface area contributed by atoms with Gasteiger partial charge in [0.2, 0.25) is 0 Å². The number of nitrogens with zero attached hydrogens (tertiary/aromatic N) is 6. The highest BCUT2D eigenvalue weighted by Crippen LogP contribution is 2.32. The van der Waals surface area contributed by atoms with Gasteiger partial charge in [0.1, 0.15) is 11.5 Å².